The number of ether oxygens (including phenoxy) is 1. The lowest BCUT2D eigenvalue weighted by Crippen LogP contribution is -2.51. The molecule has 170 valence electrons. The van der Waals surface area contributed by atoms with E-state index >= 15 is 0 Å². The summed E-state index contributed by atoms with van der Waals surface area (Å²) in [5.74, 6) is -1.77. The van der Waals surface area contributed by atoms with Crippen molar-refractivity contribution in [2.75, 3.05) is 13.2 Å². The number of rotatable bonds is 10. The summed E-state index contributed by atoms with van der Waals surface area (Å²) >= 11 is 0. The highest BCUT2D eigenvalue weighted by atomic mass is 32.2. The summed E-state index contributed by atoms with van der Waals surface area (Å²) < 4.78 is 82.6. The Morgan fingerprint density at radius 2 is 1.68 bits per heavy atom. The quantitative estimate of drug-likeness (QED) is 0.532. The zero-order chi connectivity index (χ0) is 23.1. The van der Waals surface area contributed by atoms with Crippen LogP contribution in [0.4, 0.5) is 17.6 Å². The van der Waals surface area contributed by atoms with Gasteiger partial charge in [-0.2, -0.15) is 17.9 Å². The number of carbonyl (C=O) groups is 1. The lowest BCUT2D eigenvalue weighted by molar-refractivity contribution is -0.175. The van der Waals surface area contributed by atoms with Crippen LogP contribution in [0.3, 0.4) is 0 Å². The standard InChI is InChI=1S/C20H22F4N2O4S/c1-14(12-30-13-20(22,23)24)25-19(27)17(11-15-7-3-2-4-8-15)26-31(28,29)18-10-6-5-9-16(18)21/h2-10,14,17,26H,11-13H2,1H3,(H,25,27). The first-order valence-electron chi connectivity index (χ1n) is 9.23. The maximum Gasteiger partial charge on any atom is 0.411 e. The molecule has 31 heavy (non-hydrogen) atoms. The summed E-state index contributed by atoms with van der Waals surface area (Å²) in [5, 5.41) is 2.42. The van der Waals surface area contributed by atoms with Gasteiger partial charge >= 0.3 is 6.18 Å². The Bertz CT molecular complexity index is 969. The third-order valence-electron chi connectivity index (χ3n) is 4.04. The highest BCUT2D eigenvalue weighted by Gasteiger charge is 2.30. The first-order chi connectivity index (χ1) is 14.5. The lowest BCUT2D eigenvalue weighted by atomic mass is 10.1. The second-order valence-corrected chi connectivity index (χ2v) is 8.52. The Labute approximate surface area is 177 Å². The molecule has 0 spiro atoms. The van der Waals surface area contributed by atoms with Gasteiger partial charge in [0.25, 0.3) is 0 Å². The van der Waals surface area contributed by atoms with Crippen molar-refractivity contribution in [2.24, 2.45) is 0 Å². The Balaban J connectivity index is 2.14. The molecule has 2 N–H and O–H groups in total. The molecule has 0 bridgehead atoms. The van der Waals surface area contributed by atoms with Crippen LogP contribution in [-0.2, 0) is 26.0 Å². The molecule has 2 aromatic rings. The summed E-state index contributed by atoms with van der Waals surface area (Å²) in [6, 6.07) is 11.0. The minimum Gasteiger partial charge on any atom is -0.370 e. The average molecular weight is 462 g/mol. The number of benzene rings is 2. The van der Waals surface area contributed by atoms with Gasteiger partial charge < -0.3 is 10.1 Å². The van der Waals surface area contributed by atoms with E-state index in [-0.39, 0.29) is 6.42 Å². The van der Waals surface area contributed by atoms with E-state index in [2.05, 4.69) is 14.8 Å². The van der Waals surface area contributed by atoms with Crippen LogP contribution in [-0.4, -0.2) is 45.8 Å². The summed E-state index contributed by atoms with van der Waals surface area (Å²) in [6.07, 6.45) is -4.56. The van der Waals surface area contributed by atoms with Crippen molar-refractivity contribution in [3.05, 3.63) is 66.0 Å². The molecule has 0 heterocycles. The summed E-state index contributed by atoms with van der Waals surface area (Å²) in [6.45, 7) is -0.483. The van der Waals surface area contributed by atoms with Crippen LogP contribution in [0, 0.1) is 5.82 Å². The molecule has 0 aromatic heterocycles. The SMILES string of the molecule is CC(COCC(F)(F)F)NC(=O)C(Cc1ccccc1)NS(=O)(=O)c1ccccc1F. The van der Waals surface area contributed by atoms with Crippen molar-refractivity contribution < 1.29 is 35.5 Å². The van der Waals surface area contributed by atoms with Gasteiger partial charge in [0, 0.05) is 6.04 Å². The fraction of sp³-hybridized carbons (Fsp3) is 0.350. The van der Waals surface area contributed by atoms with Gasteiger partial charge in [0.2, 0.25) is 15.9 Å². The van der Waals surface area contributed by atoms with Gasteiger partial charge in [-0.05, 0) is 31.0 Å². The molecular weight excluding hydrogens is 440 g/mol. The zero-order valence-corrected chi connectivity index (χ0v) is 17.3. The molecule has 1 amide bonds. The minimum atomic E-state index is -4.50. The van der Waals surface area contributed by atoms with Crippen LogP contribution in [0.15, 0.2) is 59.5 Å². The first kappa shape index (κ1) is 24.8. The summed E-state index contributed by atoms with van der Waals surface area (Å²) in [4.78, 5) is 12.1. The second kappa shape index (κ2) is 10.7. The number of amides is 1. The number of sulfonamides is 1. The van der Waals surface area contributed by atoms with Crippen LogP contribution in [0.1, 0.15) is 12.5 Å². The number of alkyl halides is 3. The van der Waals surface area contributed by atoms with Crippen molar-refractivity contribution in [3.63, 3.8) is 0 Å². The Hall–Kier alpha value is -2.50. The van der Waals surface area contributed by atoms with E-state index in [0.29, 0.717) is 5.56 Å². The highest BCUT2D eigenvalue weighted by Crippen LogP contribution is 2.16. The molecule has 2 unspecified atom stereocenters. The molecule has 11 heteroatoms. The molecule has 0 aliphatic rings. The van der Waals surface area contributed by atoms with Gasteiger partial charge in [-0.15, -0.1) is 0 Å². The smallest absolute Gasteiger partial charge is 0.370 e. The normalized spacial score (nSPS) is 14.1. The van der Waals surface area contributed by atoms with Crippen molar-refractivity contribution in [1.82, 2.24) is 10.0 Å². The van der Waals surface area contributed by atoms with Gasteiger partial charge in [-0.25, -0.2) is 12.8 Å². The number of hydrogen-bond acceptors (Lipinski definition) is 4. The third kappa shape index (κ3) is 8.27. The van der Waals surface area contributed by atoms with E-state index in [0.717, 1.165) is 12.1 Å². The molecule has 0 fully saturated rings. The van der Waals surface area contributed by atoms with Crippen LogP contribution in [0.5, 0.6) is 0 Å². The molecule has 6 nitrogen and oxygen atoms in total. The number of nitrogens with one attached hydrogen (secondary N) is 2. The molecular formula is C20H22F4N2O4S. The Kier molecular flexibility index (Phi) is 8.54. The number of hydrogen-bond donors (Lipinski definition) is 2. The lowest BCUT2D eigenvalue weighted by Gasteiger charge is -2.22. The highest BCUT2D eigenvalue weighted by molar-refractivity contribution is 7.89. The van der Waals surface area contributed by atoms with Gasteiger partial charge in [0.15, 0.2) is 0 Å². The molecule has 2 atom stereocenters. The maximum atomic E-state index is 14.0. The van der Waals surface area contributed by atoms with Crippen molar-refractivity contribution in [3.8, 4) is 0 Å². The largest absolute Gasteiger partial charge is 0.411 e. The van der Waals surface area contributed by atoms with Gasteiger partial charge in [0.1, 0.15) is 23.4 Å². The van der Waals surface area contributed by atoms with Crippen molar-refractivity contribution >= 4 is 15.9 Å². The first-order valence-corrected chi connectivity index (χ1v) is 10.7. The minimum absolute atomic E-state index is 0.0590. The molecule has 0 aliphatic carbocycles. The van der Waals surface area contributed by atoms with Gasteiger partial charge in [-0.3, -0.25) is 4.79 Å². The predicted octanol–water partition coefficient (Wildman–Crippen LogP) is 2.80. The second-order valence-electron chi connectivity index (χ2n) is 6.83. The fourth-order valence-corrected chi connectivity index (χ4v) is 3.96. The monoisotopic (exact) mass is 462 g/mol. The maximum absolute atomic E-state index is 14.0. The van der Waals surface area contributed by atoms with E-state index in [1.54, 1.807) is 30.3 Å². The van der Waals surface area contributed by atoms with Crippen LogP contribution in [0.2, 0.25) is 0 Å². The number of carbonyl (C=O) groups excluding carboxylic acids is 1. The van der Waals surface area contributed by atoms with Crippen LogP contribution in [0.25, 0.3) is 0 Å². The zero-order valence-electron chi connectivity index (χ0n) is 16.5. The van der Waals surface area contributed by atoms with E-state index in [4.69, 9.17) is 0 Å². The van der Waals surface area contributed by atoms with Gasteiger partial charge in [-0.1, -0.05) is 42.5 Å². The molecule has 2 rings (SSSR count). The van der Waals surface area contributed by atoms with Crippen LogP contribution < -0.4 is 10.0 Å². The van der Waals surface area contributed by atoms with Gasteiger partial charge in [0.05, 0.1) is 6.61 Å². The fourth-order valence-electron chi connectivity index (χ4n) is 2.69. The van der Waals surface area contributed by atoms with E-state index in [9.17, 15) is 30.8 Å². The summed E-state index contributed by atoms with van der Waals surface area (Å²) in [7, 11) is -4.39. The van der Waals surface area contributed by atoms with Crippen molar-refractivity contribution in [2.45, 2.75) is 36.5 Å². The molecule has 0 saturated carbocycles. The van der Waals surface area contributed by atoms with E-state index in [1.165, 1.54) is 19.1 Å². The van der Waals surface area contributed by atoms with E-state index in [1.807, 2.05) is 0 Å². The van der Waals surface area contributed by atoms with Crippen LogP contribution >= 0.6 is 0 Å². The Morgan fingerprint density at radius 3 is 2.29 bits per heavy atom. The van der Waals surface area contributed by atoms with E-state index < -0.39 is 58.1 Å². The van der Waals surface area contributed by atoms with Crippen molar-refractivity contribution in [1.29, 1.82) is 0 Å². The Morgan fingerprint density at radius 1 is 1.06 bits per heavy atom. The molecule has 2 aromatic carbocycles. The number of halogens is 4. The third-order valence-corrected chi connectivity index (χ3v) is 5.55. The predicted molar refractivity (Wildman–Crippen MR) is 105 cm³/mol. The summed E-state index contributed by atoms with van der Waals surface area (Å²) in [5.41, 5.74) is 0.625. The average Bonchev–Trinajstić information content (AvgIpc) is 2.67. The molecule has 0 aliphatic heterocycles. The molecule has 0 radical (unpaired) electrons. The topological polar surface area (TPSA) is 84.5 Å². The molecule has 0 saturated heterocycles.